The van der Waals surface area contributed by atoms with Gasteiger partial charge in [-0.1, -0.05) is 0 Å². The maximum atomic E-state index is 11.2. The van der Waals surface area contributed by atoms with Gasteiger partial charge in [0.2, 0.25) is 5.43 Å². The molecule has 0 saturated heterocycles. The van der Waals surface area contributed by atoms with Crippen LogP contribution in [0.25, 0.3) is 0 Å². The third-order valence-corrected chi connectivity index (χ3v) is 2.98. The van der Waals surface area contributed by atoms with Crippen molar-refractivity contribution in [2.45, 2.75) is 24.9 Å². The van der Waals surface area contributed by atoms with Crippen molar-refractivity contribution in [2.24, 2.45) is 0 Å². The van der Waals surface area contributed by atoms with Crippen molar-refractivity contribution in [1.29, 1.82) is 5.41 Å². The number of aryl methyl sites for hydroxylation is 1. The Balaban J connectivity index is 2.42. The van der Waals surface area contributed by atoms with Crippen molar-refractivity contribution in [2.75, 3.05) is 7.05 Å². The minimum absolute atomic E-state index is 0.0620. The van der Waals surface area contributed by atoms with E-state index in [-0.39, 0.29) is 17.0 Å². The highest BCUT2D eigenvalue weighted by atomic mass is 16.1. The third-order valence-electron chi connectivity index (χ3n) is 2.98. The number of likely N-dealkylation sites (N-methyl/N-ethyl adjacent to an activating group) is 1. The summed E-state index contributed by atoms with van der Waals surface area (Å²) in [5.41, 5.74) is 0.0428. The van der Waals surface area contributed by atoms with Gasteiger partial charge in [-0.25, -0.2) is 0 Å². The molecular formula is C10H14N4O. The summed E-state index contributed by atoms with van der Waals surface area (Å²) in [7, 11) is 1.87. The van der Waals surface area contributed by atoms with Crippen LogP contribution >= 0.6 is 0 Å². The Bertz CT molecular complexity index is 453. The second-order valence-electron chi connectivity index (χ2n) is 3.89. The van der Waals surface area contributed by atoms with Gasteiger partial charge in [-0.2, -0.15) is 5.10 Å². The Labute approximate surface area is 87.6 Å². The monoisotopic (exact) mass is 206 g/mol. The molecule has 0 amide bonds. The summed E-state index contributed by atoms with van der Waals surface area (Å²) < 4.78 is 1.71. The Morgan fingerprint density at radius 2 is 2.53 bits per heavy atom. The number of rotatable bonds is 3. The van der Waals surface area contributed by atoms with Gasteiger partial charge >= 0.3 is 0 Å². The minimum atomic E-state index is -0.368. The van der Waals surface area contributed by atoms with Crippen LogP contribution in [0.15, 0.2) is 17.1 Å². The Kier molecular flexibility index (Phi) is 2.19. The zero-order valence-corrected chi connectivity index (χ0v) is 8.82. The number of nitrogens with zero attached hydrogens (tertiary/aromatic N) is 2. The lowest BCUT2D eigenvalue weighted by Crippen LogP contribution is -2.32. The fraction of sp³-hybridized carbons (Fsp3) is 0.500. The van der Waals surface area contributed by atoms with Gasteiger partial charge < -0.3 is 10.7 Å². The maximum absolute atomic E-state index is 11.2. The van der Waals surface area contributed by atoms with Crippen molar-refractivity contribution in [3.05, 3.63) is 28.2 Å². The van der Waals surface area contributed by atoms with Crippen LogP contribution in [-0.2, 0) is 5.54 Å². The molecule has 0 aliphatic heterocycles. The Morgan fingerprint density at radius 1 is 1.80 bits per heavy atom. The van der Waals surface area contributed by atoms with Gasteiger partial charge in [0.15, 0.2) is 0 Å². The average molecular weight is 206 g/mol. The molecule has 1 saturated carbocycles. The van der Waals surface area contributed by atoms with Gasteiger partial charge in [0.1, 0.15) is 11.2 Å². The highest BCUT2D eigenvalue weighted by molar-refractivity contribution is 5.71. The molecule has 0 spiro atoms. The van der Waals surface area contributed by atoms with E-state index in [1.165, 1.54) is 12.3 Å². The van der Waals surface area contributed by atoms with Crippen LogP contribution in [0.5, 0.6) is 0 Å². The molecule has 15 heavy (non-hydrogen) atoms. The van der Waals surface area contributed by atoms with Gasteiger partial charge in [0, 0.05) is 24.5 Å². The first-order chi connectivity index (χ1) is 7.14. The molecule has 5 nitrogen and oxygen atoms in total. The van der Waals surface area contributed by atoms with E-state index in [0.717, 1.165) is 6.42 Å². The van der Waals surface area contributed by atoms with E-state index in [9.17, 15) is 4.79 Å². The molecule has 1 aliphatic rings. The van der Waals surface area contributed by atoms with E-state index >= 15 is 0 Å². The fourth-order valence-corrected chi connectivity index (χ4v) is 1.83. The fourth-order valence-electron chi connectivity index (χ4n) is 1.83. The molecule has 2 unspecified atom stereocenters. The Morgan fingerprint density at radius 3 is 3.00 bits per heavy atom. The third kappa shape index (κ3) is 1.39. The topological polar surface area (TPSA) is 70.8 Å². The molecule has 80 valence electrons. The zero-order valence-electron chi connectivity index (χ0n) is 8.82. The molecule has 1 aliphatic carbocycles. The summed E-state index contributed by atoms with van der Waals surface area (Å²) in [5.74, 6) is 0. The van der Waals surface area contributed by atoms with Crippen LogP contribution in [0.4, 0.5) is 0 Å². The smallest absolute Gasteiger partial charge is 0.203 e. The van der Waals surface area contributed by atoms with Crippen LogP contribution in [0.3, 0.4) is 0 Å². The number of hydrogen-bond donors (Lipinski definition) is 2. The van der Waals surface area contributed by atoms with Gasteiger partial charge in [-0.3, -0.25) is 9.48 Å². The van der Waals surface area contributed by atoms with Gasteiger partial charge in [-0.15, -0.1) is 0 Å². The molecule has 2 atom stereocenters. The van der Waals surface area contributed by atoms with E-state index in [1.807, 2.05) is 7.05 Å². The van der Waals surface area contributed by atoms with Gasteiger partial charge in [0.25, 0.3) is 0 Å². The first-order valence-corrected chi connectivity index (χ1v) is 4.90. The largest absolute Gasteiger partial charge is 0.314 e. The lowest BCUT2D eigenvalue weighted by molar-refractivity contribution is 0.505. The predicted molar refractivity (Wildman–Crippen MR) is 57.5 cm³/mol. The molecule has 1 aromatic rings. The second-order valence-corrected chi connectivity index (χ2v) is 3.89. The maximum Gasteiger partial charge on any atom is 0.203 e. The molecule has 0 radical (unpaired) electrons. The minimum Gasteiger partial charge on any atom is -0.314 e. The summed E-state index contributed by atoms with van der Waals surface area (Å²) in [6, 6.07) is 1.74. The van der Waals surface area contributed by atoms with E-state index in [0.29, 0.717) is 5.69 Å². The van der Waals surface area contributed by atoms with E-state index in [1.54, 1.807) is 17.8 Å². The second kappa shape index (κ2) is 3.27. The van der Waals surface area contributed by atoms with Crippen LogP contribution in [0.2, 0.25) is 0 Å². The van der Waals surface area contributed by atoms with Crippen LogP contribution in [0, 0.1) is 12.3 Å². The predicted octanol–water partition coefficient (Wildman–Crippen LogP) is -0.112. The summed E-state index contributed by atoms with van der Waals surface area (Å²) in [4.78, 5) is 11.2. The standard InChI is InChI=1S/C10H14N4O/c1-7-8(15)3-4-14(13-7)10(6-11)5-9(10)12-2/h3-4,6,9,11-12H,5H2,1-2H3. The molecule has 0 aromatic carbocycles. The van der Waals surface area contributed by atoms with Crippen LogP contribution in [-0.4, -0.2) is 29.1 Å². The molecule has 1 heterocycles. The first kappa shape index (κ1) is 10.0. The number of aromatic nitrogens is 2. The summed E-state index contributed by atoms with van der Waals surface area (Å²) >= 11 is 0. The summed E-state index contributed by atoms with van der Waals surface area (Å²) in [5, 5.41) is 14.8. The van der Waals surface area contributed by atoms with Crippen molar-refractivity contribution in [3.8, 4) is 0 Å². The zero-order chi connectivity index (χ0) is 11.1. The SMILES string of the molecule is CNC1CC1(C=N)n1ccc(=O)c(C)n1. The first-order valence-electron chi connectivity index (χ1n) is 4.90. The molecule has 2 N–H and O–H groups in total. The van der Waals surface area contributed by atoms with E-state index in [2.05, 4.69) is 10.4 Å². The van der Waals surface area contributed by atoms with Crippen molar-refractivity contribution >= 4 is 6.21 Å². The van der Waals surface area contributed by atoms with E-state index in [4.69, 9.17) is 5.41 Å². The molecule has 1 fully saturated rings. The highest BCUT2D eigenvalue weighted by Crippen LogP contribution is 2.40. The average Bonchev–Trinajstić information content (AvgIpc) is 2.97. The molecular weight excluding hydrogens is 192 g/mol. The number of hydrogen-bond acceptors (Lipinski definition) is 4. The van der Waals surface area contributed by atoms with E-state index < -0.39 is 0 Å². The highest BCUT2D eigenvalue weighted by Gasteiger charge is 2.54. The number of nitrogens with one attached hydrogen (secondary N) is 2. The Hall–Kier alpha value is -1.49. The lowest BCUT2D eigenvalue weighted by Gasteiger charge is -2.14. The van der Waals surface area contributed by atoms with Crippen LogP contribution < -0.4 is 10.7 Å². The molecule has 0 bridgehead atoms. The normalized spacial score (nSPS) is 28.8. The lowest BCUT2D eigenvalue weighted by atomic mass is 10.3. The molecule has 1 aromatic heterocycles. The quantitative estimate of drug-likeness (QED) is 0.678. The van der Waals surface area contributed by atoms with Crippen molar-refractivity contribution in [3.63, 3.8) is 0 Å². The van der Waals surface area contributed by atoms with Crippen LogP contribution in [0.1, 0.15) is 12.1 Å². The van der Waals surface area contributed by atoms with Gasteiger partial charge in [0.05, 0.1) is 0 Å². The van der Waals surface area contributed by atoms with Crippen molar-refractivity contribution in [1.82, 2.24) is 15.1 Å². The molecule has 5 heteroatoms. The summed E-state index contributed by atoms with van der Waals surface area (Å²) in [6.07, 6.45) is 3.89. The van der Waals surface area contributed by atoms with Crippen molar-refractivity contribution < 1.29 is 0 Å². The summed E-state index contributed by atoms with van der Waals surface area (Å²) in [6.45, 7) is 1.69. The van der Waals surface area contributed by atoms with Gasteiger partial charge in [-0.05, 0) is 20.4 Å². The molecule has 2 rings (SSSR count).